The maximum Gasteiger partial charge on any atom is 0.329 e. The van der Waals surface area contributed by atoms with Gasteiger partial charge in [0.25, 0.3) is 5.91 Å². The predicted molar refractivity (Wildman–Crippen MR) is 108 cm³/mol. The van der Waals surface area contributed by atoms with Gasteiger partial charge in [-0.2, -0.15) is 0 Å². The maximum absolute atomic E-state index is 13.3. The Hall–Kier alpha value is -2.28. The van der Waals surface area contributed by atoms with E-state index in [0.717, 1.165) is 62.1 Å². The first-order valence-electron chi connectivity index (χ1n) is 10.7. The third-order valence-electron chi connectivity index (χ3n) is 7.16. The number of ether oxygens (including phenoxy) is 2. The Morgan fingerprint density at radius 3 is 2.72 bits per heavy atom. The van der Waals surface area contributed by atoms with E-state index in [1.807, 2.05) is 18.2 Å². The van der Waals surface area contributed by atoms with E-state index in [1.165, 1.54) is 9.80 Å². The van der Waals surface area contributed by atoms with Crippen molar-refractivity contribution in [1.82, 2.24) is 10.2 Å². The van der Waals surface area contributed by atoms with Crippen LogP contribution in [0.25, 0.3) is 0 Å². The number of likely N-dealkylation sites (tertiary alicyclic amines) is 1. The second kappa shape index (κ2) is 7.86. The van der Waals surface area contributed by atoms with Crippen molar-refractivity contribution in [3.05, 3.63) is 23.8 Å². The highest BCUT2D eigenvalue weighted by Crippen LogP contribution is 2.38. The molecule has 3 amide bonds. The SMILES string of the molecule is COc1ccc(OC)c([C@H]2CCC[NH+]2CN2C(=O)N[C@]3(CCCC[C@@H]3C)C2=O)c1. The molecule has 4 rings (SSSR count). The second-order valence-electron chi connectivity index (χ2n) is 8.65. The number of carbonyl (C=O) groups is 2. The first-order chi connectivity index (χ1) is 14.0. The summed E-state index contributed by atoms with van der Waals surface area (Å²) in [5.41, 5.74) is 0.379. The lowest BCUT2D eigenvalue weighted by Crippen LogP contribution is -3.12. The topological polar surface area (TPSA) is 72.3 Å². The van der Waals surface area contributed by atoms with E-state index in [0.29, 0.717) is 6.67 Å². The molecule has 3 fully saturated rings. The van der Waals surface area contributed by atoms with Crippen LogP contribution in [0.2, 0.25) is 0 Å². The van der Waals surface area contributed by atoms with E-state index in [2.05, 4.69) is 12.2 Å². The highest BCUT2D eigenvalue weighted by molar-refractivity contribution is 6.07. The van der Waals surface area contributed by atoms with Crippen molar-refractivity contribution in [2.75, 3.05) is 27.4 Å². The molecule has 1 spiro atoms. The first-order valence-corrected chi connectivity index (χ1v) is 10.7. The summed E-state index contributed by atoms with van der Waals surface area (Å²) in [6, 6.07) is 5.77. The maximum atomic E-state index is 13.3. The van der Waals surface area contributed by atoms with Crippen LogP contribution in [0.3, 0.4) is 0 Å². The van der Waals surface area contributed by atoms with E-state index in [9.17, 15) is 9.59 Å². The van der Waals surface area contributed by atoms with Crippen LogP contribution in [0.4, 0.5) is 4.79 Å². The van der Waals surface area contributed by atoms with Gasteiger partial charge < -0.3 is 19.7 Å². The van der Waals surface area contributed by atoms with Crippen molar-refractivity contribution in [2.24, 2.45) is 5.92 Å². The Labute approximate surface area is 172 Å². The minimum Gasteiger partial charge on any atom is -0.497 e. The Morgan fingerprint density at radius 1 is 1.17 bits per heavy atom. The van der Waals surface area contributed by atoms with Crippen LogP contribution < -0.4 is 19.7 Å². The Morgan fingerprint density at radius 2 is 2.00 bits per heavy atom. The number of hydrogen-bond donors (Lipinski definition) is 2. The molecule has 2 aliphatic heterocycles. The fourth-order valence-electron chi connectivity index (χ4n) is 5.43. The molecule has 2 saturated heterocycles. The molecule has 1 saturated carbocycles. The van der Waals surface area contributed by atoms with Gasteiger partial charge >= 0.3 is 6.03 Å². The number of quaternary nitrogens is 1. The van der Waals surface area contributed by atoms with Gasteiger partial charge in [0, 0.05) is 12.8 Å². The molecular weight excluding hydrogens is 370 g/mol. The van der Waals surface area contributed by atoms with Gasteiger partial charge in [-0.25, -0.2) is 9.69 Å². The summed E-state index contributed by atoms with van der Waals surface area (Å²) in [5, 5.41) is 3.07. The standard InChI is InChI=1S/C22H31N3O4/c1-15-7-4-5-11-22(15)20(26)25(21(27)23-22)14-24-12-6-8-18(24)17-13-16(28-2)9-10-19(17)29-3/h9-10,13,15,18H,4-8,11-12,14H2,1-3H3,(H,23,27)/p+1/t15-,18+,22-/m0/s1. The molecule has 1 aromatic rings. The van der Waals surface area contributed by atoms with Gasteiger partial charge in [-0.1, -0.05) is 19.8 Å². The summed E-state index contributed by atoms with van der Waals surface area (Å²) in [4.78, 5) is 28.8. The zero-order valence-electron chi connectivity index (χ0n) is 17.6. The van der Waals surface area contributed by atoms with Gasteiger partial charge in [0.1, 0.15) is 23.1 Å². The predicted octanol–water partition coefficient (Wildman–Crippen LogP) is 1.88. The fourth-order valence-corrected chi connectivity index (χ4v) is 5.43. The normalized spacial score (nSPS) is 32.0. The molecule has 0 bridgehead atoms. The Balaban J connectivity index is 1.56. The van der Waals surface area contributed by atoms with Gasteiger partial charge in [0.15, 0.2) is 6.67 Å². The van der Waals surface area contributed by atoms with Crippen molar-refractivity contribution >= 4 is 11.9 Å². The average Bonchev–Trinajstić information content (AvgIpc) is 3.29. The zero-order chi connectivity index (χ0) is 20.6. The molecule has 7 heteroatoms. The quantitative estimate of drug-likeness (QED) is 0.738. The minimum atomic E-state index is -0.697. The van der Waals surface area contributed by atoms with E-state index in [4.69, 9.17) is 9.47 Å². The van der Waals surface area contributed by atoms with E-state index in [1.54, 1.807) is 14.2 Å². The van der Waals surface area contributed by atoms with Crippen LogP contribution in [0, 0.1) is 5.92 Å². The summed E-state index contributed by atoms with van der Waals surface area (Å²) in [6.45, 7) is 3.41. The molecule has 3 aliphatic rings. The number of hydrogen-bond acceptors (Lipinski definition) is 4. The van der Waals surface area contributed by atoms with Crippen molar-refractivity contribution in [2.45, 2.75) is 57.0 Å². The number of nitrogens with zero attached hydrogens (tertiary/aromatic N) is 1. The molecule has 7 nitrogen and oxygen atoms in total. The third kappa shape index (κ3) is 3.35. The minimum absolute atomic E-state index is 0.0366. The van der Waals surface area contributed by atoms with Crippen molar-refractivity contribution in [1.29, 1.82) is 0 Å². The molecule has 0 radical (unpaired) electrons. The highest BCUT2D eigenvalue weighted by Gasteiger charge is 2.56. The summed E-state index contributed by atoms with van der Waals surface area (Å²) in [5.74, 6) is 1.76. The summed E-state index contributed by atoms with van der Waals surface area (Å²) >= 11 is 0. The van der Waals surface area contributed by atoms with Gasteiger partial charge in [0.2, 0.25) is 0 Å². The fraction of sp³-hybridized carbons (Fsp3) is 0.636. The largest absolute Gasteiger partial charge is 0.497 e. The number of benzene rings is 1. The van der Waals surface area contributed by atoms with Crippen LogP contribution in [0.15, 0.2) is 18.2 Å². The molecule has 1 unspecified atom stereocenters. The second-order valence-corrected chi connectivity index (χ2v) is 8.65. The van der Waals surface area contributed by atoms with Gasteiger partial charge in [0.05, 0.1) is 26.3 Å². The number of urea groups is 1. The summed E-state index contributed by atoms with van der Waals surface area (Å²) in [6.07, 6.45) is 5.89. The van der Waals surface area contributed by atoms with Crippen molar-refractivity contribution < 1.29 is 24.0 Å². The van der Waals surface area contributed by atoms with Gasteiger partial charge in [-0.05, 0) is 37.0 Å². The molecule has 1 aliphatic carbocycles. The number of rotatable bonds is 5. The Kier molecular flexibility index (Phi) is 5.42. The zero-order valence-corrected chi connectivity index (χ0v) is 17.6. The molecule has 29 heavy (non-hydrogen) atoms. The van der Waals surface area contributed by atoms with Crippen LogP contribution in [-0.2, 0) is 4.79 Å². The van der Waals surface area contributed by atoms with Crippen molar-refractivity contribution in [3.63, 3.8) is 0 Å². The lowest BCUT2D eigenvalue weighted by molar-refractivity contribution is -0.925. The summed E-state index contributed by atoms with van der Waals surface area (Å²) < 4.78 is 11.0. The highest BCUT2D eigenvalue weighted by atomic mass is 16.5. The first kappa shape index (κ1) is 20.0. The van der Waals surface area contributed by atoms with Gasteiger partial charge in [-0.3, -0.25) is 4.79 Å². The van der Waals surface area contributed by atoms with E-state index in [-0.39, 0.29) is 23.9 Å². The molecule has 0 aromatic heterocycles. The number of carbonyl (C=O) groups excluding carboxylic acids is 2. The number of nitrogens with one attached hydrogen (secondary N) is 2. The van der Waals surface area contributed by atoms with Crippen LogP contribution in [0.1, 0.15) is 57.1 Å². The molecule has 1 aromatic carbocycles. The lowest BCUT2D eigenvalue weighted by atomic mass is 9.73. The molecule has 4 atom stereocenters. The van der Waals surface area contributed by atoms with Gasteiger partial charge in [-0.15, -0.1) is 0 Å². The monoisotopic (exact) mass is 402 g/mol. The average molecular weight is 403 g/mol. The van der Waals surface area contributed by atoms with E-state index >= 15 is 0 Å². The number of imide groups is 1. The molecule has 2 heterocycles. The molecular formula is C22H32N3O4+. The van der Waals surface area contributed by atoms with Crippen molar-refractivity contribution in [3.8, 4) is 11.5 Å². The number of amides is 3. The number of methoxy groups -OCH3 is 2. The lowest BCUT2D eigenvalue weighted by Gasteiger charge is -2.37. The Bertz CT molecular complexity index is 798. The summed E-state index contributed by atoms with van der Waals surface area (Å²) in [7, 11) is 3.33. The smallest absolute Gasteiger partial charge is 0.329 e. The third-order valence-corrected chi connectivity index (χ3v) is 7.16. The molecule has 2 N–H and O–H groups in total. The van der Waals surface area contributed by atoms with Crippen LogP contribution >= 0.6 is 0 Å². The molecule has 158 valence electrons. The van der Waals surface area contributed by atoms with E-state index < -0.39 is 5.54 Å². The van der Waals surface area contributed by atoms with Crippen LogP contribution in [-0.4, -0.2) is 49.8 Å². The van der Waals surface area contributed by atoms with Crippen LogP contribution in [0.5, 0.6) is 11.5 Å².